The van der Waals surface area contributed by atoms with Gasteiger partial charge in [-0.25, -0.2) is 4.98 Å². The Labute approximate surface area is 117 Å². The minimum absolute atomic E-state index is 0.299. The normalized spacial score (nSPS) is 12.5. The zero-order chi connectivity index (χ0) is 13.2. The number of anilines is 1. The predicted octanol–water partition coefficient (Wildman–Crippen LogP) is 4.78. The molecular weight excluding hydrogens is 252 g/mol. The summed E-state index contributed by atoms with van der Waals surface area (Å²) in [6.07, 6.45) is 0. The summed E-state index contributed by atoms with van der Waals surface area (Å²) in [5.41, 5.74) is 3.52. The molecule has 0 radical (unpaired) electrons. The molecule has 1 aromatic heterocycles. The second-order valence-corrected chi connectivity index (χ2v) is 5.93. The molecule has 0 spiro atoms. The third-order valence-electron chi connectivity index (χ3n) is 3.18. The Morgan fingerprint density at radius 2 is 1.89 bits per heavy atom. The van der Waals surface area contributed by atoms with Crippen LogP contribution in [0.5, 0.6) is 0 Å². The first kappa shape index (κ1) is 12.2. The van der Waals surface area contributed by atoms with E-state index in [0.717, 1.165) is 16.2 Å². The fraction of sp³-hybridized carbons (Fsp3) is 0.188. The van der Waals surface area contributed by atoms with Crippen LogP contribution in [-0.2, 0) is 0 Å². The van der Waals surface area contributed by atoms with Crippen molar-refractivity contribution in [3.8, 4) is 0 Å². The van der Waals surface area contributed by atoms with Crippen LogP contribution in [0.15, 0.2) is 48.5 Å². The molecule has 1 heterocycles. The van der Waals surface area contributed by atoms with Gasteiger partial charge < -0.3 is 5.32 Å². The average Bonchev–Trinajstić information content (AvgIpc) is 2.79. The molecule has 3 heteroatoms. The summed E-state index contributed by atoms with van der Waals surface area (Å²) in [6, 6.07) is 17.1. The number of nitrogens with zero attached hydrogens (tertiary/aromatic N) is 1. The van der Waals surface area contributed by atoms with Crippen molar-refractivity contribution in [3.63, 3.8) is 0 Å². The van der Waals surface area contributed by atoms with Crippen LogP contribution in [0.1, 0.15) is 23.5 Å². The molecule has 0 saturated heterocycles. The molecule has 0 amide bonds. The fourth-order valence-electron chi connectivity index (χ4n) is 2.20. The lowest BCUT2D eigenvalue weighted by Gasteiger charge is -2.15. The SMILES string of the molecule is Cc1nc2ccc(NC(C)c3ccccc3)cc2s1. The van der Waals surface area contributed by atoms with Gasteiger partial charge in [-0.3, -0.25) is 0 Å². The van der Waals surface area contributed by atoms with Crippen LogP contribution in [0.3, 0.4) is 0 Å². The Balaban J connectivity index is 1.85. The Morgan fingerprint density at radius 3 is 2.68 bits per heavy atom. The molecule has 1 N–H and O–H groups in total. The smallest absolute Gasteiger partial charge is 0.0907 e. The molecule has 0 aliphatic carbocycles. The maximum atomic E-state index is 4.48. The summed E-state index contributed by atoms with van der Waals surface area (Å²) < 4.78 is 1.24. The summed E-state index contributed by atoms with van der Waals surface area (Å²) in [4.78, 5) is 4.48. The monoisotopic (exact) mass is 268 g/mol. The highest BCUT2D eigenvalue weighted by molar-refractivity contribution is 7.18. The first-order valence-electron chi connectivity index (χ1n) is 6.41. The number of aryl methyl sites for hydroxylation is 1. The van der Waals surface area contributed by atoms with Crippen molar-refractivity contribution in [2.75, 3.05) is 5.32 Å². The van der Waals surface area contributed by atoms with Gasteiger partial charge in [0.25, 0.3) is 0 Å². The second kappa shape index (κ2) is 5.02. The number of rotatable bonds is 3. The zero-order valence-electron chi connectivity index (χ0n) is 11.1. The number of thiazole rings is 1. The minimum atomic E-state index is 0.299. The van der Waals surface area contributed by atoms with E-state index >= 15 is 0 Å². The molecule has 0 aliphatic rings. The van der Waals surface area contributed by atoms with E-state index in [-0.39, 0.29) is 0 Å². The van der Waals surface area contributed by atoms with Gasteiger partial charge in [-0.1, -0.05) is 30.3 Å². The molecule has 3 aromatic rings. The van der Waals surface area contributed by atoms with Gasteiger partial charge in [-0.15, -0.1) is 11.3 Å². The van der Waals surface area contributed by atoms with Crippen molar-refractivity contribution in [1.82, 2.24) is 4.98 Å². The van der Waals surface area contributed by atoms with E-state index in [1.807, 2.05) is 13.0 Å². The van der Waals surface area contributed by atoms with E-state index in [2.05, 4.69) is 59.7 Å². The van der Waals surface area contributed by atoms with Gasteiger partial charge in [-0.05, 0) is 37.6 Å². The standard InChI is InChI=1S/C16H16N2S/c1-11(13-6-4-3-5-7-13)17-14-8-9-15-16(10-14)19-12(2)18-15/h3-11,17H,1-2H3. The third-order valence-corrected chi connectivity index (χ3v) is 4.11. The van der Waals surface area contributed by atoms with Crippen molar-refractivity contribution in [2.24, 2.45) is 0 Å². The number of benzene rings is 2. The van der Waals surface area contributed by atoms with Crippen LogP contribution < -0.4 is 5.32 Å². The number of hydrogen-bond acceptors (Lipinski definition) is 3. The molecule has 0 saturated carbocycles. The predicted molar refractivity (Wildman–Crippen MR) is 82.8 cm³/mol. The average molecular weight is 268 g/mol. The first-order chi connectivity index (χ1) is 9.22. The van der Waals surface area contributed by atoms with Crippen LogP contribution in [0.25, 0.3) is 10.2 Å². The lowest BCUT2D eigenvalue weighted by Crippen LogP contribution is -2.05. The lowest BCUT2D eigenvalue weighted by molar-refractivity contribution is 0.885. The van der Waals surface area contributed by atoms with Crippen molar-refractivity contribution >= 4 is 27.2 Å². The molecule has 1 unspecified atom stereocenters. The lowest BCUT2D eigenvalue weighted by atomic mass is 10.1. The number of hydrogen-bond donors (Lipinski definition) is 1. The summed E-state index contributed by atoms with van der Waals surface area (Å²) in [5.74, 6) is 0. The summed E-state index contributed by atoms with van der Waals surface area (Å²) >= 11 is 1.74. The Bertz CT molecular complexity index is 688. The zero-order valence-corrected chi connectivity index (χ0v) is 11.9. The summed E-state index contributed by atoms with van der Waals surface area (Å²) in [6.45, 7) is 4.22. The Kier molecular flexibility index (Phi) is 3.22. The topological polar surface area (TPSA) is 24.9 Å². The highest BCUT2D eigenvalue weighted by Crippen LogP contribution is 2.26. The van der Waals surface area contributed by atoms with E-state index in [4.69, 9.17) is 0 Å². The Hall–Kier alpha value is -1.87. The third kappa shape index (κ3) is 2.61. The van der Waals surface area contributed by atoms with Gasteiger partial charge >= 0.3 is 0 Å². The molecule has 0 aliphatic heterocycles. The largest absolute Gasteiger partial charge is 0.378 e. The van der Waals surface area contributed by atoms with E-state index < -0.39 is 0 Å². The number of aromatic nitrogens is 1. The number of nitrogens with one attached hydrogen (secondary N) is 1. The van der Waals surface area contributed by atoms with Gasteiger partial charge in [0, 0.05) is 11.7 Å². The molecule has 96 valence electrons. The van der Waals surface area contributed by atoms with Crippen molar-refractivity contribution < 1.29 is 0 Å². The molecule has 1 atom stereocenters. The van der Waals surface area contributed by atoms with E-state index in [0.29, 0.717) is 6.04 Å². The van der Waals surface area contributed by atoms with E-state index in [1.165, 1.54) is 10.3 Å². The molecular formula is C16H16N2S. The van der Waals surface area contributed by atoms with Crippen LogP contribution in [0, 0.1) is 6.92 Å². The molecule has 2 aromatic carbocycles. The maximum Gasteiger partial charge on any atom is 0.0907 e. The van der Waals surface area contributed by atoms with Crippen molar-refractivity contribution in [3.05, 3.63) is 59.1 Å². The van der Waals surface area contributed by atoms with Crippen LogP contribution in [0.2, 0.25) is 0 Å². The van der Waals surface area contributed by atoms with Gasteiger partial charge in [0.1, 0.15) is 0 Å². The number of fused-ring (bicyclic) bond motifs is 1. The molecule has 19 heavy (non-hydrogen) atoms. The van der Waals surface area contributed by atoms with Gasteiger partial charge in [0.2, 0.25) is 0 Å². The highest BCUT2D eigenvalue weighted by Gasteiger charge is 2.06. The van der Waals surface area contributed by atoms with E-state index in [9.17, 15) is 0 Å². The van der Waals surface area contributed by atoms with Gasteiger partial charge in [0.05, 0.1) is 15.2 Å². The first-order valence-corrected chi connectivity index (χ1v) is 7.23. The Morgan fingerprint density at radius 1 is 1.11 bits per heavy atom. The molecule has 2 nitrogen and oxygen atoms in total. The quantitative estimate of drug-likeness (QED) is 0.739. The van der Waals surface area contributed by atoms with Crippen molar-refractivity contribution in [2.45, 2.75) is 19.9 Å². The van der Waals surface area contributed by atoms with Crippen LogP contribution in [-0.4, -0.2) is 4.98 Å². The highest BCUT2D eigenvalue weighted by atomic mass is 32.1. The summed E-state index contributed by atoms with van der Waals surface area (Å²) in [5, 5.41) is 4.65. The summed E-state index contributed by atoms with van der Waals surface area (Å²) in [7, 11) is 0. The molecule has 3 rings (SSSR count). The van der Waals surface area contributed by atoms with Crippen molar-refractivity contribution in [1.29, 1.82) is 0 Å². The second-order valence-electron chi connectivity index (χ2n) is 4.69. The molecule has 0 fully saturated rings. The maximum absolute atomic E-state index is 4.48. The van der Waals surface area contributed by atoms with Gasteiger partial charge in [0.15, 0.2) is 0 Å². The fourth-order valence-corrected chi connectivity index (χ4v) is 3.07. The van der Waals surface area contributed by atoms with Crippen LogP contribution in [0.4, 0.5) is 5.69 Å². The van der Waals surface area contributed by atoms with Crippen LogP contribution >= 0.6 is 11.3 Å². The van der Waals surface area contributed by atoms with E-state index in [1.54, 1.807) is 11.3 Å². The molecule has 0 bridgehead atoms. The van der Waals surface area contributed by atoms with Gasteiger partial charge in [-0.2, -0.15) is 0 Å². The minimum Gasteiger partial charge on any atom is -0.378 e.